The van der Waals surface area contributed by atoms with Gasteiger partial charge in [0.05, 0.1) is 11.0 Å². The van der Waals surface area contributed by atoms with Crippen molar-refractivity contribution in [2.24, 2.45) is 0 Å². The molecule has 1 N–H and O–H groups in total. The molecule has 0 saturated carbocycles. The van der Waals surface area contributed by atoms with E-state index in [1.54, 1.807) is 0 Å². The van der Waals surface area contributed by atoms with Crippen LogP contribution in [0.25, 0.3) is 16.7 Å². The first-order chi connectivity index (χ1) is 14.0. The summed E-state index contributed by atoms with van der Waals surface area (Å²) < 4.78 is 2.06. The Labute approximate surface area is 172 Å². The summed E-state index contributed by atoms with van der Waals surface area (Å²) in [6.45, 7) is 9.17. The van der Waals surface area contributed by atoms with Gasteiger partial charge in [-0.3, -0.25) is 14.3 Å². The van der Waals surface area contributed by atoms with E-state index in [0.717, 1.165) is 42.9 Å². The van der Waals surface area contributed by atoms with Crippen LogP contribution in [0.15, 0.2) is 48.8 Å². The minimum absolute atomic E-state index is 0.0435. The number of imidazole rings is 1. The van der Waals surface area contributed by atoms with Crippen molar-refractivity contribution in [3.8, 4) is 5.69 Å². The van der Waals surface area contributed by atoms with Crippen molar-refractivity contribution in [3.63, 3.8) is 0 Å². The maximum absolute atomic E-state index is 12.7. The number of rotatable bonds is 5. The number of amides is 1. The Morgan fingerprint density at radius 2 is 1.93 bits per heavy atom. The number of aromatic nitrogens is 2. The van der Waals surface area contributed by atoms with Crippen molar-refractivity contribution in [1.29, 1.82) is 0 Å². The standard InChI is InChI=1S/C23H29N5O/c1-17-5-4-6-20(13-17)28-16-25-21-14-19(7-8-22(21)28)23(29)24-15-18(2)27-11-9-26(3)10-12-27/h4-8,13-14,16,18H,9-12,15H2,1-3H3,(H,24,29). The molecule has 1 saturated heterocycles. The van der Waals surface area contributed by atoms with Crippen LogP contribution in [0.3, 0.4) is 0 Å². The molecule has 0 spiro atoms. The summed E-state index contributed by atoms with van der Waals surface area (Å²) in [5.74, 6) is -0.0435. The lowest BCUT2D eigenvalue weighted by molar-refractivity contribution is 0.0903. The Bertz CT molecular complexity index is 1000. The van der Waals surface area contributed by atoms with Crippen LogP contribution in [0.5, 0.6) is 0 Å². The summed E-state index contributed by atoms with van der Waals surface area (Å²) in [6.07, 6.45) is 1.82. The lowest BCUT2D eigenvalue weighted by Crippen LogP contribution is -2.51. The predicted octanol–water partition coefficient (Wildman–Crippen LogP) is 2.70. The molecule has 6 heteroatoms. The third kappa shape index (κ3) is 4.33. The molecule has 6 nitrogen and oxygen atoms in total. The first-order valence-electron chi connectivity index (χ1n) is 10.3. The molecule has 1 aliphatic rings. The van der Waals surface area contributed by atoms with Crippen molar-refractivity contribution in [1.82, 2.24) is 24.7 Å². The van der Waals surface area contributed by atoms with Crippen LogP contribution in [-0.4, -0.2) is 71.1 Å². The van der Waals surface area contributed by atoms with E-state index >= 15 is 0 Å². The third-order valence-corrected chi connectivity index (χ3v) is 5.81. The van der Waals surface area contributed by atoms with Crippen molar-refractivity contribution in [2.45, 2.75) is 19.9 Å². The largest absolute Gasteiger partial charge is 0.350 e. The van der Waals surface area contributed by atoms with Gasteiger partial charge >= 0.3 is 0 Å². The zero-order chi connectivity index (χ0) is 20.4. The summed E-state index contributed by atoms with van der Waals surface area (Å²) in [5, 5.41) is 3.09. The quantitative estimate of drug-likeness (QED) is 0.727. The number of fused-ring (bicyclic) bond motifs is 1. The molecule has 152 valence electrons. The van der Waals surface area contributed by atoms with E-state index in [1.807, 2.05) is 30.6 Å². The van der Waals surface area contributed by atoms with Gasteiger partial charge < -0.3 is 10.2 Å². The zero-order valence-electron chi connectivity index (χ0n) is 17.4. The van der Waals surface area contributed by atoms with Crippen molar-refractivity contribution in [3.05, 3.63) is 59.9 Å². The second kappa shape index (κ2) is 8.35. The van der Waals surface area contributed by atoms with Crippen LogP contribution >= 0.6 is 0 Å². The van der Waals surface area contributed by atoms with Crippen LogP contribution in [0.4, 0.5) is 0 Å². The second-order valence-electron chi connectivity index (χ2n) is 8.06. The van der Waals surface area contributed by atoms with Crippen LogP contribution < -0.4 is 5.32 Å². The highest BCUT2D eigenvalue weighted by molar-refractivity contribution is 5.97. The van der Waals surface area contributed by atoms with Gasteiger partial charge in [0.25, 0.3) is 5.91 Å². The highest BCUT2D eigenvalue weighted by Crippen LogP contribution is 2.20. The minimum atomic E-state index is -0.0435. The maximum atomic E-state index is 12.7. The Morgan fingerprint density at radius 1 is 1.14 bits per heavy atom. The Morgan fingerprint density at radius 3 is 2.69 bits per heavy atom. The number of carbonyl (C=O) groups excluding carboxylic acids is 1. The highest BCUT2D eigenvalue weighted by atomic mass is 16.1. The summed E-state index contributed by atoms with van der Waals surface area (Å²) in [4.78, 5) is 22.0. The van der Waals surface area contributed by atoms with Gasteiger partial charge in [-0.05, 0) is 56.8 Å². The molecule has 4 rings (SSSR count). The number of carbonyl (C=O) groups is 1. The minimum Gasteiger partial charge on any atom is -0.350 e. The zero-order valence-corrected chi connectivity index (χ0v) is 17.4. The molecular weight excluding hydrogens is 362 g/mol. The average Bonchev–Trinajstić information content (AvgIpc) is 3.15. The smallest absolute Gasteiger partial charge is 0.251 e. The van der Waals surface area contributed by atoms with Gasteiger partial charge in [0.15, 0.2) is 0 Å². The summed E-state index contributed by atoms with van der Waals surface area (Å²) >= 11 is 0. The molecule has 0 aliphatic carbocycles. The molecule has 2 heterocycles. The van der Waals surface area contributed by atoms with E-state index < -0.39 is 0 Å². The number of hydrogen-bond donors (Lipinski definition) is 1. The lowest BCUT2D eigenvalue weighted by atomic mass is 10.1. The predicted molar refractivity (Wildman–Crippen MR) is 117 cm³/mol. The van der Waals surface area contributed by atoms with Crippen molar-refractivity contribution in [2.75, 3.05) is 39.8 Å². The van der Waals surface area contributed by atoms with Crippen LogP contribution in [-0.2, 0) is 0 Å². The molecule has 1 fully saturated rings. The highest BCUT2D eigenvalue weighted by Gasteiger charge is 2.19. The molecule has 0 bridgehead atoms. The van der Waals surface area contributed by atoms with Gasteiger partial charge in [-0.25, -0.2) is 4.98 Å². The average molecular weight is 392 g/mol. The summed E-state index contributed by atoms with van der Waals surface area (Å²) in [6, 6.07) is 14.4. The number of benzene rings is 2. The fourth-order valence-electron chi connectivity index (χ4n) is 3.87. The van der Waals surface area contributed by atoms with Gasteiger partial charge in [0, 0.05) is 50.0 Å². The fourth-order valence-corrected chi connectivity index (χ4v) is 3.87. The Kier molecular flexibility index (Phi) is 5.65. The molecule has 1 aliphatic heterocycles. The van der Waals surface area contributed by atoms with Gasteiger partial charge in [-0.15, -0.1) is 0 Å². The topological polar surface area (TPSA) is 53.4 Å². The summed E-state index contributed by atoms with van der Waals surface area (Å²) in [5.41, 5.74) is 4.75. The van der Waals surface area contributed by atoms with Crippen LogP contribution in [0.1, 0.15) is 22.8 Å². The molecule has 1 unspecified atom stereocenters. The Hall–Kier alpha value is -2.70. The second-order valence-corrected chi connectivity index (χ2v) is 8.06. The SMILES string of the molecule is Cc1cccc(-n2cnc3cc(C(=O)NCC(C)N4CCN(C)CC4)ccc32)c1. The van der Waals surface area contributed by atoms with E-state index in [-0.39, 0.29) is 5.91 Å². The molecule has 1 amide bonds. The van der Waals surface area contributed by atoms with Crippen molar-refractivity contribution >= 4 is 16.9 Å². The number of nitrogens with zero attached hydrogens (tertiary/aromatic N) is 4. The van der Waals surface area contributed by atoms with Gasteiger partial charge in [-0.2, -0.15) is 0 Å². The van der Waals surface area contributed by atoms with Crippen LogP contribution in [0.2, 0.25) is 0 Å². The molecule has 1 atom stereocenters. The number of aryl methyl sites for hydroxylation is 1. The molecule has 1 aromatic heterocycles. The normalized spacial score (nSPS) is 16.8. The van der Waals surface area contributed by atoms with Gasteiger partial charge in [-0.1, -0.05) is 12.1 Å². The van der Waals surface area contributed by atoms with E-state index in [2.05, 4.69) is 63.8 Å². The third-order valence-electron chi connectivity index (χ3n) is 5.81. The fraction of sp³-hybridized carbons (Fsp3) is 0.391. The first-order valence-corrected chi connectivity index (χ1v) is 10.3. The molecular formula is C23H29N5O. The molecule has 0 radical (unpaired) electrons. The lowest BCUT2D eigenvalue weighted by Gasteiger charge is -2.36. The Balaban J connectivity index is 1.43. The molecule has 3 aromatic rings. The number of piperazine rings is 1. The first kappa shape index (κ1) is 19.6. The maximum Gasteiger partial charge on any atom is 0.251 e. The number of likely N-dealkylation sites (N-methyl/N-ethyl adjacent to an activating group) is 1. The van der Waals surface area contributed by atoms with E-state index in [4.69, 9.17) is 0 Å². The molecule has 29 heavy (non-hydrogen) atoms. The monoisotopic (exact) mass is 391 g/mol. The van der Waals surface area contributed by atoms with Gasteiger partial charge in [0.2, 0.25) is 0 Å². The molecule has 2 aromatic carbocycles. The summed E-state index contributed by atoms with van der Waals surface area (Å²) in [7, 11) is 2.15. The number of nitrogens with one attached hydrogen (secondary N) is 1. The van der Waals surface area contributed by atoms with E-state index in [0.29, 0.717) is 18.2 Å². The van der Waals surface area contributed by atoms with Crippen LogP contribution in [0, 0.1) is 6.92 Å². The van der Waals surface area contributed by atoms with Crippen molar-refractivity contribution < 1.29 is 4.79 Å². The number of hydrogen-bond acceptors (Lipinski definition) is 4. The van der Waals surface area contributed by atoms with E-state index in [9.17, 15) is 4.79 Å². The van der Waals surface area contributed by atoms with E-state index in [1.165, 1.54) is 5.56 Å². The van der Waals surface area contributed by atoms with Gasteiger partial charge in [0.1, 0.15) is 6.33 Å².